The van der Waals surface area contributed by atoms with Crippen LogP contribution in [0.2, 0.25) is 0 Å². The van der Waals surface area contributed by atoms with Crippen LogP contribution in [0.25, 0.3) is 0 Å². The van der Waals surface area contributed by atoms with Gasteiger partial charge < -0.3 is 0 Å². The van der Waals surface area contributed by atoms with Crippen molar-refractivity contribution in [1.82, 2.24) is 0 Å². The molecule has 118 valence electrons. The largest absolute Gasteiger partial charge is 0.416 e. The standard InChI is InChI=1S/C19H21F3/c1-15(6-5-9-16-7-3-2-4-8-16)14-17-10-12-18(13-11-17)19(20,21)22/h2-4,7-8,10-13,15H,5-6,9,14H2,1H3/t15-/m0/s1. The van der Waals surface area contributed by atoms with E-state index in [1.165, 1.54) is 17.7 Å². The second kappa shape index (κ2) is 7.48. The molecule has 0 N–H and O–H groups in total. The third-order valence-corrected chi connectivity index (χ3v) is 3.87. The molecule has 0 bridgehead atoms. The highest BCUT2D eigenvalue weighted by Crippen LogP contribution is 2.29. The summed E-state index contributed by atoms with van der Waals surface area (Å²) < 4.78 is 37.5. The van der Waals surface area contributed by atoms with E-state index in [1.807, 2.05) is 18.2 Å². The fourth-order valence-corrected chi connectivity index (χ4v) is 2.63. The van der Waals surface area contributed by atoms with Crippen molar-refractivity contribution >= 4 is 0 Å². The minimum atomic E-state index is -4.25. The van der Waals surface area contributed by atoms with E-state index >= 15 is 0 Å². The predicted octanol–water partition coefficient (Wildman–Crippen LogP) is 5.91. The second-order valence-electron chi connectivity index (χ2n) is 5.88. The van der Waals surface area contributed by atoms with E-state index in [2.05, 4.69) is 19.1 Å². The van der Waals surface area contributed by atoms with Crippen LogP contribution in [0.1, 0.15) is 36.5 Å². The number of benzene rings is 2. The number of aryl methyl sites for hydroxylation is 1. The average molecular weight is 306 g/mol. The van der Waals surface area contributed by atoms with Crippen molar-refractivity contribution in [2.45, 2.75) is 38.8 Å². The maximum atomic E-state index is 12.5. The summed E-state index contributed by atoms with van der Waals surface area (Å²) in [7, 11) is 0. The Labute approximate surface area is 130 Å². The quantitative estimate of drug-likeness (QED) is 0.622. The van der Waals surface area contributed by atoms with Gasteiger partial charge in [-0.25, -0.2) is 0 Å². The van der Waals surface area contributed by atoms with Gasteiger partial charge >= 0.3 is 6.18 Å². The van der Waals surface area contributed by atoms with Crippen molar-refractivity contribution in [1.29, 1.82) is 0 Å². The Morgan fingerprint density at radius 2 is 1.50 bits per heavy atom. The third-order valence-electron chi connectivity index (χ3n) is 3.87. The predicted molar refractivity (Wildman–Crippen MR) is 83.7 cm³/mol. The van der Waals surface area contributed by atoms with Gasteiger partial charge in [0.05, 0.1) is 5.56 Å². The van der Waals surface area contributed by atoms with Gasteiger partial charge in [0.1, 0.15) is 0 Å². The lowest BCUT2D eigenvalue weighted by atomic mass is 9.94. The normalized spacial score (nSPS) is 13.1. The summed E-state index contributed by atoms with van der Waals surface area (Å²) in [5, 5.41) is 0. The first kappa shape index (κ1) is 16.6. The third kappa shape index (κ3) is 5.21. The van der Waals surface area contributed by atoms with E-state index in [4.69, 9.17) is 0 Å². The smallest absolute Gasteiger partial charge is 0.166 e. The molecule has 0 saturated heterocycles. The molecule has 22 heavy (non-hydrogen) atoms. The van der Waals surface area contributed by atoms with Gasteiger partial charge in [-0.05, 0) is 48.4 Å². The van der Waals surface area contributed by atoms with Crippen LogP contribution in [-0.2, 0) is 19.0 Å². The Morgan fingerprint density at radius 1 is 0.864 bits per heavy atom. The van der Waals surface area contributed by atoms with Gasteiger partial charge in [-0.15, -0.1) is 0 Å². The summed E-state index contributed by atoms with van der Waals surface area (Å²) in [5.41, 5.74) is 1.73. The number of hydrogen-bond donors (Lipinski definition) is 0. The van der Waals surface area contributed by atoms with Crippen LogP contribution in [0.3, 0.4) is 0 Å². The van der Waals surface area contributed by atoms with Gasteiger partial charge in [-0.1, -0.05) is 55.8 Å². The molecule has 0 radical (unpaired) electrons. The minimum Gasteiger partial charge on any atom is -0.166 e. The molecule has 0 aliphatic carbocycles. The summed E-state index contributed by atoms with van der Waals surface area (Å²) in [6.07, 6.45) is -0.188. The highest BCUT2D eigenvalue weighted by molar-refractivity contribution is 5.24. The van der Waals surface area contributed by atoms with E-state index in [0.717, 1.165) is 31.2 Å². The maximum absolute atomic E-state index is 12.5. The topological polar surface area (TPSA) is 0 Å². The van der Waals surface area contributed by atoms with E-state index < -0.39 is 11.7 Å². The Hall–Kier alpha value is -1.77. The Balaban J connectivity index is 1.78. The van der Waals surface area contributed by atoms with Crippen molar-refractivity contribution in [3.63, 3.8) is 0 Å². The van der Waals surface area contributed by atoms with Gasteiger partial charge in [-0.3, -0.25) is 0 Å². The van der Waals surface area contributed by atoms with Crippen LogP contribution in [0.5, 0.6) is 0 Å². The first-order valence-corrected chi connectivity index (χ1v) is 7.65. The zero-order chi connectivity index (χ0) is 16.0. The van der Waals surface area contributed by atoms with E-state index in [-0.39, 0.29) is 0 Å². The van der Waals surface area contributed by atoms with Crippen LogP contribution in [0, 0.1) is 5.92 Å². The number of halogens is 3. The summed E-state index contributed by atoms with van der Waals surface area (Å²) in [6, 6.07) is 15.9. The van der Waals surface area contributed by atoms with Crippen molar-refractivity contribution in [3.05, 3.63) is 71.3 Å². The van der Waals surface area contributed by atoms with Gasteiger partial charge in [-0.2, -0.15) is 13.2 Å². The molecule has 2 rings (SSSR count). The number of rotatable bonds is 6. The van der Waals surface area contributed by atoms with Gasteiger partial charge in [0.25, 0.3) is 0 Å². The molecule has 0 aliphatic rings. The molecule has 0 aliphatic heterocycles. The summed E-state index contributed by atoms with van der Waals surface area (Å²) in [6.45, 7) is 2.16. The summed E-state index contributed by atoms with van der Waals surface area (Å²) in [5.74, 6) is 0.473. The molecule has 2 aromatic carbocycles. The fraction of sp³-hybridized carbons (Fsp3) is 0.368. The lowest BCUT2D eigenvalue weighted by molar-refractivity contribution is -0.137. The molecule has 2 aromatic rings. The Morgan fingerprint density at radius 3 is 2.09 bits per heavy atom. The lowest BCUT2D eigenvalue weighted by Gasteiger charge is -2.12. The molecule has 0 amide bonds. The van der Waals surface area contributed by atoms with Crippen LogP contribution in [0.4, 0.5) is 13.2 Å². The number of alkyl halides is 3. The monoisotopic (exact) mass is 306 g/mol. The number of hydrogen-bond acceptors (Lipinski definition) is 0. The summed E-state index contributed by atoms with van der Waals surface area (Å²) in [4.78, 5) is 0. The SMILES string of the molecule is C[C@@H](CCCc1ccccc1)Cc1ccc(C(F)(F)F)cc1. The first-order chi connectivity index (χ1) is 10.4. The molecule has 0 heterocycles. The highest BCUT2D eigenvalue weighted by atomic mass is 19.4. The first-order valence-electron chi connectivity index (χ1n) is 7.65. The zero-order valence-electron chi connectivity index (χ0n) is 12.7. The molecular weight excluding hydrogens is 285 g/mol. The Kier molecular flexibility index (Phi) is 5.64. The van der Waals surface area contributed by atoms with Gasteiger partial charge in [0.2, 0.25) is 0 Å². The molecule has 0 aromatic heterocycles. The van der Waals surface area contributed by atoms with Crippen LogP contribution < -0.4 is 0 Å². The van der Waals surface area contributed by atoms with E-state index in [0.29, 0.717) is 5.92 Å². The molecule has 0 spiro atoms. The van der Waals surface area contributed by atoms with E-state index in [9.17, 15) is 13.2 Å². The van der Waals surface area contributed by atoms with Crippen molar-refractivity contribution < 1.29 is 13.2 Å². The zero-order valence-corrected chi connectivity index (χ0v) is 12.7. The van der Waals surface area contributed by atoms with Gasteiger partial charge in [0, 0.05) is 0 Å². The minimum absolute atomic E-state index is 0.473. The van der Waals surface area contributed by atoms with E-state index in [1.54, 1.807) is 12.1 Å². The molecular formula is C19H21F3. The van der Waals surface area contributed by atoms with Crippen LogP contribution >= 0.6 is 0 Å². The molecule has 0 unspecified atom stereocenters. The fourth-order valence-electron chi connectivity index (χ4n) is 2.63. The average Bonchev–Trinajstić information content (AvgIpc) is 2.48. The Bertz CT molecular complexity index is 555. The molecule has 1 atom stereocenters. The molecule has 0 saturated carbocycles. The van der Waals surface area contributed by atoms with Gasteiger partial charge in [0.15, 0.2) is 0 Å². The maximum Gasteiger partial charge on any atom is 0.416 e. The van der Waals surface area contributed by atoms with Crippen molar-refractivity contribution in [2.24, 2.45) is 5.92 Å². The van der Waals surface area contributed by atoms with Crippen LogP contribution in [-0.4, -0.2) is 0 Å². The molecule has 0 nitrogen and oxygen atoms in total. The molecule has 0 fully saturated rings. The second-order valence-corrected chi connectivity index (χ2v) is 5.88. The van der Waals surface area contributed by atoms with Crippen molar-refractivity contribution in [3.8, 4) is 0 Å². The lowest BCUT2D eigenvalue weighted by Crippen LogP contribution is -2.05. The van der Waals surface area contributed by atoms with Crippen LogP contribution in [0.15, 0.2) is 54.6 Å². The molecule has 3 heteroatoms. The van der Waals surface area contributed by atoms with Crippen molar-refractivity contribution in [2.75, 3.05) is 0 Å². The highest BCUT2D eigenvalue weighted by Gasteiger charge is 2.29. The summed E-state index contributed by atoms with van der Waals surface area (Å²) >= 11 is 0.